The van der Waals surface area contributed by atoms with Crippen LogP contribution < -0.4 is 5.32 Å². The van der Waals surface area contributed by atoms with Crippen LogP contribution in [-0.4, -0.2) is 44.3 Å². The maximum atomic E-state index is 13.3. The molecule has 1 aliphatic heterocycles. The Bertz CT molecular complexity index is 976. The van der Waals surface area contributed by atoms with Crippen molar-refractivity contribution in [2.45, 2.75) is 52.1 Å². The zero-order valence-electron chi connectivity index (χ0n) is 17.3. The molecule has 0 saturated carbocycles. The van der Waals surface area contributed by atoms with Gasteiger partial charge in [-0.15, -0.1) is 0 Å². The molecule has 1 saturated heterocycles. The van der Waals surface area contributed by atoms with Crippen molar-refractivity contribution >= 4 is 11.6 Å². The summed E-state index contributed by atoms with van der Waals surface area (Å²) in [6.07, 6.45) is 9.95. The Hall–Kier alpha value is -2.73. The van der Waals surface area contributed by atoms with Crippen molar-refractivity contribution in [3.63, 3.8) is 0 Å². The number of hydrogen-bond donors (Lipinski definition) is 1. The van der Waals surface area contributed by atoms with Gasteiger partial charge in [0, 0.05) is 44.3 Å². The second-order valence-electron chi connectivity index (χ2n) is 7.99. The fraction of sp³-hybridized carbons (Fsp3) is 0.435. The first kappa shape index (κ1) is 19.6. The van der Waals surface area contributed by atoms with E-state index in [1.807, 2.05) is 42.4 Å². The fourth-order valence-electron chi connectivity index (χ4n) is 4.06. The van der Waals surface area contributed by atoms with Gasteiger partial charge in [0.1, 0.15) is 5.65 Å². The first-order valence-electron chi connectivity index (χ1n) is 10.5. The molecule has 29 heavy (non-hydrogen) atoms. The molecule has 1 unspecified atom stereocenters. The van der Waals surface area contributed by atoms with Gasteiger partial charge in [0.2, 0.25) is 0 Å². The average molecular weight is 392 g/mol. The fourth-order valence-corrected chi connectivity index (χ4v) is 4.06. The zero-order valence-corrected chi connectivity index (χ0v) is 17.3. The standard InChI is InChI=1S/C23H29N5O/c1-17-8-7-13-28-20(16-25-18(2)14-19-9-6-10-24-15-19)21(26-22(17)28)23(29)27-11-4-3-5-12-27/h6-10,13,15,18,25H,3-5,11-12,14,16H2,1-2H3. The number of rotatable bonds is 6. The molecule has 3 aromatic heterocycles. The van der Waals surface area contributed by atoms with Crippen LogP contribution in [0.25, 0.3) is 5.65 Å². The third kappa shape index (κ3) is 4.32. The number of carbonyl (C=O) groups is 1. The van der Waals surface area contributed by atoms with E-state index in [0.29, 0.717) is 12.2 Å². The molecule has 1 aliphatic rings. The first-order chi connectivity index (χ1) is 14.1. The largest absolute Gasteiger partial charge is 0.337 e. The quantitative estimate of drug-likeness (QED) is 0.700. The lowest BCUT2D eigenvalue weighted by molar-refractivity contribution is 0.0717. The van der Waals surface area contributed by atoms with Crippen molar-refractivity contribution in [3.8, 4) is 0 Å². The Kier molecular flexibility index (Phi) is 5.90. The van der Waals surface area contributed by atoms with Crippen LogP contribution in [0.1, 0.15) is 53.5 Å². The van der Waals surface area contributed by atoms with Gasteiger partial charge in [-0.1, -0.05) is 12.1 Å². The Balaban J connectivity index is 1.58. The summed E-state index contributed by atoms with van der Waals surface area (Å²) in [6, 6.07) is 8.37. The van der Waals surface area contributed by atoms with Crippen LogP contribution in [0.4, 0.5) is 0 Å². The van der Waals surface area contributed by atoms with E-state index in [9.17, 15) is 4.79 Å². The molecule has 0 spiro atoms. The molecule has 4 rings (SSSR count). The number of imidazole rings is 1. The second kappa shape index (κ2) is 8.74. The minimum atomic E-state index is 0.0597. The van der Waals surface area contributed by atoms with Gasteiger partial charge in [-0.25, -0.2) is 4.98 Å². The number of aromatic nitrogens is 3. The summed E-state index contributed by atoms with van der Waals surface area (Å²) < 4.78 is 2.07. The van der Waals surface area contributed by atoms with Crippen molar-refractivity contribution in [1.29, 1.82) is 0 Å². The molecule has 152 valence electrons. The molecule has 1 atom stereocenters. The van der Waals surface area contributed by atoms with E-state index in [1.165, 1.54) is 12.0 Å². The van der Waals surface area contributed by atoms with Crippen LogP contribution in [0.15, 0.2) is 42.9 Å². The summed E-state index contributed by atoms with van der Waals surface area (Å²) in [5, 5.41) is 3.58. The number of likely N-dealkylation sites (tertiary alicyclic amines) is 1. The third-order valence-corrected chi connectivity index (χ3v) is 5.67. The van der Waals surface area contributed by atoms with Gasteiger partial charge in [0.05, 0.1) is 5.69 Å². The molecule has 4 heterocycles. The van der Waals surface area contributed by atoms with Gasteiger partial charge >= 0.3 is 0 Å². The Morgan fingerprint density at radius 2 is 2.03 bits per heavy atom. The number of piperidine rings is 1. The molecular formula is C23H29N5O. The predicted octanol–water partition coefficient (Wildman–Crippen LogP) is 3.38. The number of hydrogen-bond acceptors (Lipinski definition) is 4. The molecule has 0 aliphatic carbocycles. The smallest absolute Gasteiger partial charge is 0.274 e. The van der Waals surface area contributed by atoms with Crippen molar-refractivity contribution in [3.05, 3.63) is 65.4 Å². The van der Waals surface area contributed by atoms with Gasteiger partial charge < -0.3 is 14.6 Å². The number of pyridine rings is 2. The van der Waals surface area contributed by atoms with E-state index >= 15 is 0 Å². The van der Waals surface area contributed by atoms with Crippen molar-refractivity contribution < 1.29 is 4.79 Å². The van der Waals surface area contributed by atoms with Crippen LogP contribution in [0.2, 0.25) is 0 Å². The molecule has 1 N–H and O–H groups in total. The number of aryl methyl sites for hydroxylation is 1. The van der Waals surface area contributed by atoms with Gasteiger partial charge in [-0.2, -0.15) is 0 Å². The molecule has 6 heteroatoms. The average Bonchev–Trinajstić information content (AvgIpc) is 3.13. The Morgan fingerprint density at radius 3 is 2.79 bits per heavy atom. The lowest BCUT2D eigenvalue weighted by atomic mass is 10.1. The Morgan fingerprint density at radius 1 is 1.21 bits per heavy atom. The van der Waals surface area contributed by atoms with Gasteiger partial charge in [-0.3, -0.25) is 9.78 Å². The monoisotopic (exact) mass is 391 g/mol. The molecule has 1 fully saturated rings. The maximum absolute atomic E-state index is 13.3. The van der Waals surface area contributed by atoms with E-state index in [0.717, 1.165) is 49.3 Å². The van der Waals surface area contributed by atoms with Gasteiger partial charge in [0.15, 0.2) is 5.69 Å². The summed E-state index contributed by atoms with van der Waals surface area (Å²) in [4.78, 5) is 24.2. The van der Waals surface area contributed by atoms with Crippen molar-refractivity contribution in [1.82, 2.24) is 24.6 Å². The van der Waals surface area contributed by atoms with Crippen molar-refractivity contribution in [2.75, 3.05) is 13.1 Å². The molecule has 6 nitrogen and oxygen atoms in total. The predicted molar refractivity (Wildman–Crippen MR) is 114 cm³/mol. The van der Waals surface area contributed by atoms with E-state index < -0.39 is 0 Å². The molecular weight excluding hydrogens is 362 g/mol. The van der Waals surface area contributed by atoms with Crippen LogP contribution in [0.3, 0.4) is 0 Å². The van der Waals surface area contributed by atoms with E-state index in [-0.39, 0.29) is 11.9 Å². The number of nitrogens with zero attached hydrogens (tertiary/aromatic N) is 4. The van der Waals surface area contributed by atoms with E-state index in [2.05, 4.69) is 27.7 Å². The second-order valence-corrected chi connectivity index (χ2v) is 7.99. The van der Waals surface area contributed by atoms with Gasteiger partial charge in [0.25, 0.3) is 5.91 Å². The molecule has 0 aromatic carbocycles. The summed E-state index contributed by atoms with van der Waals surface area (Å²) in [6.45, 7) is 6.46. The van der Waals surface area contributed by atoms with E-state index in [1.54, 1.807) is 6.20 Å². The third-order valence-electron chi connectivity index (χ3n) is 5.67. The molecule has 0 radical (unpaired) electrons. The van der Waals surface area contributed by atoms with Crippen molar-refractivity contribution in [2.24, 2.45) is 0 Å². The number of carbonyl (C=O) groups excluding carboxylic acids is 1. The highest BCUT2D eigenvalue weighted by atomic mass is 16.2. The van der Waals surface area contributed by atoms with Crippen LogP contribution in [0, 0.1) is 6.92 Å². The minimum Gasteiger partial charge on any atom is -0.337 e. The normalized spacial score (nSPS) is 15.6. The minimum absolute atomic E-state index is 0.0597. The molecule has 0 bridgehead atoms. The van der Waals surface area contributed by atoms with Gasteiger partial charge in [-0.05, 0) is 62.8 Å². The first-order valence-corrected chi connectivity index (χ1v) is 10.5. The molecule has 3 aromatic rings. The summed E-state index contributed by atoms with van der Waals surface area (Å²) in [5.41, 5.74) is 4.67. The molecule has 1 amide bonds. The topological polar surface area (TPSA) is 62.5 Å². The van der Waals surface area contributed by atoms with Crippen LogP contribution in [0.5, 0.6) is 0 Å². The maximum Gasteiger partial charge on any atom is 0.274 e. The van der Waals surface area contributed by atoms with Crippen LogP contribution in [-0.2, 0) is 13.0 Å². The highest BCUT2D eigenvalue weighted by Gasteiger charge is 2.25. The number of amides is 1. The number of nitrogens with one attached hydrogen (secondary N) is 1. The SMILES string of the molecule is Cc1cccn2c(CNC(C)Cc3cccnc3)c(C(=O)N3CCCCC3)nc12. The highest BCUT2D eigenvalue weighted by molar-refractivity contribution is 5.94. The summed E-state index contributed by atoms with van der Waals surface area (Å²) in [5.74, 6) is 0.0597. The van der Waals surface area contributed by atoms with E-state index in [4.69, 9.17) is 4.98 Å². The summed E-state index contributed by atoms with van der Waals surface area (Å²) >= 11 is 0. The highest BCUT2D eigenvalue weighted by Crippen LogP contribution is 2.20. The lowest BCUT2D eigenvalue weighted by Gasteiger charge is -2.26. The summed E-state index contributed by atoms with van der Waals surface area (Å²) in [7, 11) is 0. The number of fused-ring (bicyclic) bond motifs is 1. The zero-order chi connectivity index (χ0) is 20.2. The lowest BCUT2D eigenvalue weighted by Crippen LogP contribution is -2.37. The Labute approximate surface area is 172 Å². The van der Waals surface area contributed by atoms with Crippen LogP contribution >= 0.6 is 0 Å².